The van der Waals surface area contributed by atoms with E-state index in [-0.39, 0.29) is 16.9 Å². The number of carbonyl (C=O) groups excluding carboxylic acids is 2. The Balaban J connectivity index is 1.67. The van der Waals surface area contributed by atoms with Gasteiger partial charge < -0.3 is 9.73 Å². The molecular formula is C20H15ClN2O4S. The highest BCUT2D eigenvalue weighted by molar-refractivity contribution is 7.97. The molecular weight excluding hydrogens is 400 g/mol. The molecule has 0 bridgehead atoms. The summed E-state index contributed by atoms with van der Waals surface area (Å²) in [4.78, 5) is 39.1. The third-order valence-electron chi connectivity index (χ3n) is 4.57. The minimum atomic E-state index is -1.06. The summed E-state index contributed by atoms with van der Waals surface area (Å²) in [5.41, 5.74) is 1.18. The van der Waals surface area contributed by atoms with Crippen LogP contribution in [0, 0.1) is 6.92 Å². The Hall–Kier alpha value is -2.61. The molecule has 8 heteroatoms. The van der Waals surface area contributed by atoms with Gasteiger partial charge in [0.05, 0.1) is 5.39 Å². The topological polar surface area (TPSA) is 79.6 Å². The molecule has 3 aromatic rings. The van der Waals surface area contributed by atoms with Crippen LogP contribution in [-0.2, 0) is 4.79 Å². The normalized spacial score (nSPS) is 16.8. The van der Waals surface area contributed by atoms with E-state index in [2.05, 4.69) is 5.32 Å². The number of nitrogens with one attached hydrogen (secondary N) is 1. The molecule has 1 N–H and O–H groups in total. The maximum absolute atomic E-state index is 12.8. The minimum absolute atomic E-state index is 0.0394. The van der Waals surface area contributed by atoms with Crippen molar-refractivity contribution in [1.29, 1.82) is 0 Å². The summed E-state index contributed by atoms with van der Waals surface area (Å²) in [5, 5.41) is 3.22. The van der Waals surface area contributed by atoms with Gasteiger partial charge in [0.15, 0.2) is 11.8 Å². The summed E-state index contributed by atoms with van der Waals surface area (Å²) < 4.78 is 7.05. The van der Waals surface area contributed by atoms with Crippen molar-refractivity contribution in [2.75, 3.05) is 12.4 Å². The minimum Gasteiger partial charge on any atom is -0.462 e. The second-order valence-electron chi connectivity index (χ2n) is 6.47. The van der Waals surface area contributed by atoms with Gasteiger partial charge in [-0.05, 0) is 49.7 Å². The molecule has 2 heterocycles. The Kier molecular flexibility index (Phi) is 4.74. The van der Waals surface area contributed by atoms with Gasteiger partial charge in [-0.25, -0.2) is 4.31 Å². The van der Waals surface area contributed by atoms with E-state index in [9.17, 15) is 14.4 Å². The summed E-state index contributed by atoms with van der Waals surface area (Å²) in [6, 6.07) is 9.21. The van der Waals surface area contributed by atoms with Crippen LogP contribution in [0.1, 0.15) is 15.9 Å². The van der Waals surface area contributed by atoms with Gasteiger partial charge in [0, 0.05) is 15.5 Å². The lowest BCUT2D eigenvalue weighted by Crippen LogP contribution is -2.47. The van der Waals surface area contributed by atoms with Crippen molar-refractivity contribution in [3.8, 4) is 0 Å². The first kappa shape index (κ1) is 18.7. The standard InChI is InChI=1S/C20H15ClN2O4S/c1-10-7-15-12(8-13(10)21)18(24)14(9-27-15)22-20(26)17-19(25)11-5-3-4-6-16(11)28-23(17)2/h3-9,17H,1-2H3,(H,22,26). The van der Waals surface area contributed by atoms with Crippen LogP contribution in [0.3, 0.4) is 0 Å². The molecule has 1 aliphatic heterocycles. The monoisotopic (exact) mass is 414 g/mol. The van der Waals surface area contributed by atoms with Crippen LogP contribution in [0.2, 0.25) is 5.02 Å². The van der Waals surface area contributed by atoms with Crippen molar-refractivity contribution in [2.24, 2.45) is 0 Å². The van der Waals surface area contributed by atoms with Gasteiger partial charge in [0.1, 0.15) is 17.5 Å². The maximum atomic E-state index is 12.8. The molecule has 1 amide bonds. The second kappa shape index (κ2) is 7.09. The van der Waals surface area contributed by atoms with E-state index in [1.807, 2.05) is 12.1 Å². The molecule has 0 radical (unpaired) electrons. The van der Waals surface area contributed by atoms with Crippen LogP contribution in [0.4, 0.5) is 5.69 Å². The Morgan fingerprint density at radius 3 is 2.79 bits per heavy atom. The zero-order valence-corrected chi connectivity index (χ0v) is 16.6. The van der Waals surface area contributed by atoms with E-state index >= 15 is 0 Å². The number of fused-ring (bicyclic) bond motifs is 2. The Morgan fingerprint density at radius 2 is 2.00 bits per heavy atom. The molecule has 6 nitrogen and oxygen atoms in total. The van der Waals surface area contributed by atoms with E-state index in [0.29, 0.717) is 16.2 Å². The molecule has 0 spiro atoms. The Bertz CT molecular complexity index is 1190. The summed E-state index contributed by atoms with van der Waals surface area (Å²) in [6.07, 6.45) is 1.18. The number of hydrogen-bond donors (Lipinski definition) is 1. The average Bonchev–Trinajstić information content (AvgIpc) is 2.66. The fraction of sp³-hybridized carbons (Fsp3) is 0.150. The van der Waals surface area contributed by atoms with Crippen LogP contribution in [-0.4, -0.2) is 29.1 Å². The number of nitrogens with zero attached hydrogens (tertiary/aromatic N) is 1. The number of anilines is 1. The highest BCUT2D eigenvalue weighted by Gasteiger charge is 2.37. The van der Waals surface area contributed by atoms with Gasteiger partial charge in [-0.15, -0.1) is 0 Å². The molecule has 2 aromatic carbocycles. The highest BCUT2D eigenvalue weighted by atomic mass is 35.5. The van der Waals surface area contributed by atoms with Gasteiger partial charge >= 0.3 is 0 Å². The lowest BCUT2D eigenvalue weighted by atomic mass is 10.0. The van der Waals surface area contributed by atoms with E-state index < -0.39 is 17.4 Å². The van der Waals surface area contributed by atoms with Gasteiger partial charge in [-0.1, -0.05) is 29.8 Å². The summed E-state index contributed by atoms with van der Waals surface area (Å²) in [5.74, 6) is -0.919. The molecule has 28 heavy (non-hydrogen) atoms. The van der Waals surface area contributed by atoms with Crippen molar-refractivity contribution in [1.82, 2.24) is 4.31 Å². The molecule has 1 atom stereocenters. The number of halogens is 1. The van der Waals surface area contributed by atoms with Crippen LogP contribution in [0.25, 0.3) is 11.0 Å². The third-order valence-corrected chi connectivity index (χ3v) is 6.03. The highest BCUT2D eigenvalue weighted by Crippen LogP contribution is 2.34. The van der Waals surface area contributed by atoms with Crippen LogP contribution in [0.5, 0.6) is 0 Å². The third kappa shape index (κ3) is 3.11. The number of rotatable bonds is 2. The number of Topliss-reactive ketones (excluding diaryl/α,β-unsaturated/α-hetero) is 1. The number of hydrogen-bond acceptors (Lipinski definition) is 6. The fourth-order valence-corrected chi connectivity index (χ4v) is 4.27. The first-order chi connectivity index (χ1) is 13.4. The number of carbonyl (C=O) groups is 2. The lowest BCUT2D eigenvalue weighted by Gasteiger charge is -2.30. The first-order valence-corrected chi connectivity index (χ1v) is 9.58. The lowest BCUT2D eigenvalue weighted by molar-refractivity contribution is -0.118. The van der Waals surface area contributed by atoms with E-state index in [0.717, 1.165) is 10.5 Å². The second-order valence-corrected chi connectivity index (χ2v) is 8.07. The summed E-state index contributed by atoms with van der Waals surface area (Å²) in [7, 11) is 1.66. The number of amides is 1. The largest absolute Gasteiger partial charge is 0.462 e. The molecule has 4 rings (SSSR count). The van der Waals surface area contributed by atoms with Gasteiger partial charge in [-0.2, -0.15) is 0 Å². The predicted molar refractivity (Wildman–Crippen MR) is 109 cm³/mol. The Morgan fingerprint density at radius 1 is 1.25 bits per heavy atom. The molecule has 0 saturated heterocycles. The molecule has 142 valence electrons. The SMILES string of the molecule is Cc1cc2occ(NC(=O)C3C(=O)c4ccccc4SN3C)c(=O)c2cc1Cl. The van der Waals surface area contributed by atoms with E-state index in [1.54, 1.807) is 36.5 Å². The van der Waals surface area contributed by atoms with Crippen LogP contribution < -0.4 is 10.7 Å². The quantitative estimate of drug-likeness (QED) is 0.506. The Labute approximate surface area is 169 Å². The predicted octanol–water partition coefficient (Wildman–Crippen LogP) is 3.90. The van der Waals surface area contributed by atoms with Crippen molar-refractivity contribution in [3.05, 3.63) is 69.0 Å². The first-order valence-electron chi connectivity index (χ1n) is 8.43. The number of ketones is 1. The van der Waals surface area contributed by atoms with Crippen molar-refractivity contribution in [2.45, 2.75) is 17.9 Å². The smallest absolute Gasteiger partial charge is 0.250 e. The van der Waals surface area contributed by atoms with Crippen molar-refractivity contribution >= 4 is 51.9 Å². The number of benzene rings is 2. The summed E-state index contributed by atoms with van der Waals surface area (Å²) >= 11 is 7.41. The number of aryl methyl sites for hydroxylation is 1. The number of likely N-dealkylation sites (N-methyl/N-ethyl adjacent to an activating group) is 1. The molecule has 1 aromatic heterocycles. The fourth-order valence-electron chi connectivity index (χ4n) is 3.09. The van der Waals surface area contributed by atoms with Crippen molar-refractivity contribution in [3.63, 3.8) is 0 Å². The zero-order chi connectivity index (χ0) is 20.0. The zero-order valence-electron chi connectivity index (χ0n) is 15.0. The van der Waals surface area contributed by atoms with E-state index in [1.165, 1.54) is 24.3 Å². The van der Waals surface area contributed by atoms with E-state index in [4.69, 9.17) is 16.0 Å². The van der Waals surface area contributed by atoms with Gasteiger partial charge in [0.25, 0.3) is 5.91 Å². The molecule has 0 fully saturated rings. The molecule has 0 saturated carbocycles. The van der Waals surface area contributed by atoms with Crippen molar-refractivity contribution < 1.29 is 14.0 Å². The van der Waals surface area contributed by atoms with Gasteiger partial charge in [-0.3, -0.25) is 14.4 Å². The van der Waals surface area contributed by atoms with Crippen LogP contribution in [0.15, 0.2) is 56.8 Å². The van der Waals surface area contributed by atoms with Crippen LogP contribution >= 0.6 is 23.5 Å². The maximum Gasteiger partial charge on any atom is 0.250 e. The molecule has 0 aliphatic carbocycles. The average molecular weight is 415 g/mol. The molecule has 1 unspecified atom stereocenters. The molecule has 1 aliphatic rings. The van der Waals surface area contributed by atoms with Gasteiger partial charge in [0.2, 0.25) is 5.43 Å². The summed E-state index contributed by atoms with van der Waals surface area (Å²) in [6.45, 7) is 1.80.